The first-order chi connectivity index (χ1) is 9.29. The van der Waals surface area contributed by atoms with Gasteiger partial charge in [-0.1, -0.05) is 12.1 Å². The number of nitrogens with one attached hydrogen (secondary N) is 2. The van der Waals surface area contributed by atoms with E-state index in [2.05, 4.69) is 10.6 Å². The van der Waals surface area contributed by atoms with Gasteiger partial charge in [0.2, 0.25) is 0 Å². The van der Waals surface area contributed by atoms with Crippen LogP contribution >= 0.6 is 0 Å². The molecule has 4 heteroatoms. The summed E-state index contributed by atoms with van der Waals surface area (Å²) >= 11 is 0. The lowest BCUT2D eigenvalue weighted by Gasteiger charge is -2.10. The standard InChI is InChI=1S/C15H24N2O2/c1-3-16-14-10-6-5-9-13(14)15(18)17-11-7-4-8-12-19-2/h5-6,9-10,16H,3-4,7-8,11-12H2,1-2H3,(H,17,18). The molecule has 0 saturated heterocycles. The van der Waals surface area contributed by atoms with E-state index in [9.17, 15) is 4.79 Å². The van der Waals surface area contributed by atoms with E-state index in [1.807, 2.05) is 31.2 Å². The van der Waals surface area contributed by atoms with Crippen molar-refractivity contribution in [2.45, 2.75) is 26.2 Å². The zero-order valence-corrected chi connectivity index (χ0v) is 11.9. The summed E-state index contributed by atoms with van der Waals surface area (Å²) in [6.45, 7) is 4.33. The summed E-state index contributed by atoms with van der Waals surface area (Å²) < 4.78 is 4.99. The number of hydrogen-bond donors (Lipinski definition) is 2. The summed E-state index contributed by atoms with van der Waals surface area (Å²) in [4.78, 5) is 12.1. The summed E-state index contributed by atoms with van der Waals surface area (Å²) in [5, 5.41) is 6.15. The SMILES string of the molecule is CCNc1ccccc1C(=O)NCCCCCOC. The maximum absolute atomic E-state index is 12.1. The van der Waals surface area contributed by atoms with E-state index in [0.29, 0.717) is 12.1 Å². The van der Waals surface area contributed by atoms with Crippen molar-refractivity contribution >= 4 is 11.6 Å². The third-order valence-electron chi connectivity index (χ3n) is 2.85. The van der Waals surface area contributed by atoms with Gasteiger partial charge in [-0.2, -0.15) is 0 Å². The lowest BCUT2D eigenvalue weighted by Crippen LogP contribution is -2.25. The Morgan fingerprint density at radius 3 is 2.74 bits per heavy atom. The highest BCUT2D eigenvalue weighted by molar-refractivity contribution is 5.99. The van der Waals surface area contributed by atoms with Gasteiger partial charge in [0.05, 0.1) is 5.56 Å². The molecule has 0 aromatic heterocycles. The van der Waals surface area contributed by atoms with Gasteiger partial charge in [0.1, 0.15) is 0 Å². The molecule has 0 heterocycles. The van der Waals surface area contributed by atoms with Crippen LogP contribution in [0, 0.1) is 0 Å². The Labute approximate surface area is 115 Å². The number of anilines is 1. The van der Waals surface area contributed by atoms with Crippen molar-refractivity contribution in [2.24, 2.45) is 0 Å². The smallest absolute Gasteiger partial charge is 0.253 e. The zero-order valence-electron chi connectivity index (χ0n) is 11.9. The average Bonchev–Trinajstić information content (AvgIpc) is 2.43. The Kier molecular flexibility index (Phi) is 7.66. The molecule has 0 spiro atoms. The highest BCUT2D eigenvalue weighted by atomic mass is 16.5. The minimum absolute atomic E-state index is 0.0108. The van der Waals surface area contributed by atoms with Gasteiger partial charge in [-0.05, 0) is 38.3 Å². The van der Waals surface area contributed by atoms with Crippen LogP contribution in [0.3, 0.4) is 0 Å². The number of ether oxygens (including phenoxy) is 1. The lowest BCUT2D eigenvalue weighted by atomic mass is 10.1. The van der Waals surface area contributed by atoms with Gasteiger partial charge in [0, 0.05) is 32.5 Å². The summed E-state index contributed by atoms with van der Waals surface area (Å²) in [6.07, 6.45) is 3.10. The molecule has 4 nitrogen and oxygen atoms in total. The molecule has 19 heavy (non-hydrogen) atoms. The largest absolute Gasteiger partial charge is 0.385 e. The van der Waals surface area contributed by atoms with Crippen LogP contribution in [0.1, 0.15) is 36.5 Å². The monoisotopic (exact) mass is 264 g/mol. The highest BCUT2D eigenvalue weighted by Crippen LogP contribution is 2.14. The first-order valence-corrected chi connectivity index (χ1v) is 6.89. The molecular weight excluding hydrogens is 240 g/mol. The highest BCUT2D eigenvalue weighted by Gasteiger charge is 2.09. The number of benzene rings is 1. The van der Waals surface area contributed by atoms with Gasteiger partial charge < -0.3 is 15.4 Å². The maximum atomic E-state index is 12.1. The van der Waals surface area contributed by atoms with Crippen molar-refractivity contribution in [1.82, 2.24) is 5.32 Å². The van der Waals surface area contributed by atoms with Crippen LogP contribution in [0.5, 0.6) is 0 Å². The fourth-order valence-electron chi connectivity index (χ4n) is 1.87. The fraction of sp³-hybridized carbons (Fsp3) is 0.533. The minimum Gasteiger partial charge on any atom is -0.385 e. The van der Waals surface area contributed by atoms with Crippen molar-refractivity contribution in [3.05, 3.63) is 29.8 Å². The molecule has 0 fully saturated rings. The van der Waals surface area contributed by atoms with Crippen LogP contribution < -0.4 is 10.6 Å². The van der Waals surface area contributed by atoms with E-state index >= 15 is 0 Å². The van der Waals surface area contributed by atoms with Gasteiger partial charge in [-0.15, -0.1) is 0 Å². The van der Waals surface area contributed by atoms with E-state index in [0.717, 1.165) is 38.1 Å². The zero-order chi connectivity index (χ0) is 13.9. The molecule has 0 unspecified atom stereocenters. The lowest BCUT2D eigenvalue weighted by molar-refractivity contribution is 0.0953. The van der Waals surface area contributed by atoms with E-state index in [-0.39, 0.29) is 5.91 Å². The van der Waals surface area contributed by atoms with Crippen LogP contribution in [0.2, 0.25) is 0 Å². The summed E-state index contributed by atoms with van der Waals surface area (Å²) in [5.74, 6) is -0.0108. The summed E-state index contributed by atoms with van der Waals surface area (Å²) in [6, 6.07) is 7.59. The Bertz CT molecular complexity index is 380. The quantitative estimate of drug-likeness (QED) is 0.674. The predicted molar refractivity (Wildman–Crippen MR) is 78.7 cm³/mol. The third kappa shape index (κ3) is 5.75. The number of carbonyl (C=O) groups excluding carboxylic acids is 1. The van der Waals surface area contributed by atoms with Gasteiger partial charge in [-0.25, -0.2) is 0 Å². The molecule has 0 saturated carbocycles. The molecule has 0 aliphatic carbocycles. The van der Waals surface area contributed by atoms with Gasteiger partial charge >= 0.3 is 0 Å². The van der Waals surface area contributed by atoms with E-state index < -0.39 is 0 Å². The topological polar surface area (TPSA) is 50.4 Å². The molecule has 0 aliphatic rings. The second-order valence-corrected chi connectivity index (χ2v) is 4.39. The Balaban J connectivity index is 2.36. The second-order valence-electron chi connectivity index (χ2n) is 4.39. The van der Waals surface area contributed by atoms with Crippen LogP contribution in [0.25, 0.3) is 0 Å². The number of amides is 1. The normalized spacial score (nSPS) is 10.2. The molecule has 0 bridgehead atoms. The number of hydrogen-bond acceptors (Lipinski definition) is 3. The third-order valence-corrected chi connectivity index (χ3v) is 2.85. The molecule has 2 N–H and O–H groups in total. The number of unbranched alkanes of at least 4 members (excludes halogenated alkanes) is 2. The molecule has 1 aromatic carbocycles. The van der Waals surface area contributed by atoms with Crippen molar-refractivity contribution < 1.29 is 9.53 Å². The molecule has 0 atom stereocenters. The number of rotatable bonds is 9. The molecule has 1 rings (SSSR count). The Morgan fingerprint density at radius 1 is 1.21 bits per heavy atom. The van der Waals surface area contributed by atoms with Crippen LogP contribution in [-0.2, 0) is 4.74 Å². The van der Waals surface area contributed by atoms with Crippen LogP contribution in [0.15, 0.2) is 24.3 Å². The number of methoxy groups -OCH3 is 1. The second kappa shape index (κ2) is 9.39. The van der Waals surface area contributed by atoms with Crippen molar-refractivity contribution in [1.29, 1.82) is 0 Å². The van der Waals surface area contributed by atoms with Gasteiger partial charge in [0.25, 0.3) is 5.91 Å². The van der Waals surface area contributed by atoms with Gasteiger partial charge in [-0.3, -0.25) is 4.79 Å². The molecule has 1 amide bonds. The van der Waals surface area contributed by atoms with E-state index in [1.54, 1.807) is 7.11 Å². The van der Waals surface area contributed by atoms with Crippen LogP contribution in [-0.4, -0.2) is 32.7 Å². The fourth-order valence-corrected chi connectivity index (χ4v) is 1.87. The summed E-state index contributed by atoms with van der Waals surface area (Å²) in [7, 11) is 1.71. The predicted octanol–water partition coefficient (Wildman–Crippen LogP) is 2.66. The molecule has 106 valence electrons. The number of carbonyl (C=O) groups is 1. The average molecular weight is 264 g/mol. The molecule has 0 aliphatic heterocycles. The van der Waals surface area contributed by atoms with Crippen molar-refractivity contribution in [3.8, 4) is 0 Å². The Hall–Kier alpha value is -1.55. The Morgan fingerprint density at radius 2 is 2.00 bits per heavy atom. The summed E-state index contributed by atoms with van der Waals surface area (Å²) in [5.41, 5.74) is 1.60. The number of para-hydroxylation sites is 1. The first kappa shape index (κ1) is 15.5. The van der Waals surface area contributed by atoms with Crippen LogP contribution in [0.4, 0.5) is 5.69 Å². The van der Waals surface area contributed by atoms with Crippen molar-refractivity contribution in [3.63, 3.8) is 0 Å². The van der Waals surface area contributed by atoms with E-state index in [1.165, 1.54) is 0 Å². The molecule has 1 aromatic rings. The molecular formula is C15H24N2O2. The first-order valence-electron chi connectivity index (χ1n) is 6.89. The molecule has 0 radical (unpaired) electrons. The van der Waals surface area contributed by atoms with E-state index in [4.69, 9.17) is 4.74 Å². The van der Waals surface area contributed by atoms with Gasteiger partial charge in [0.15, 0.2) is 0 Å². The minimum atomic E-state index is -0.0108. The van der Waals surface area contributed by atoms with Crippen molar-refractivity contribution in [2.75, 3.05) is 32.1 Å². The maximum Gasteiger partial charge on any atom is 0.253 e.